The fourth-order valence-corrected chi connectivity index (χ4v) is 1.33. The monoisotopic (exact) mass is 196 g/mol. The third-order valence-electron chi connectivity index (χ3n) is 2.12. The van der Waals surface area contributed by atoms with Gasteiger partial charge in [-0.1, -0.05) is 6.07 Å². The Labute approximate surface area is 82.7 Å². The van der Waals surface area contributed by atoms with Crippen LogP contribution in [0.25, 0.3) is 0 Å². The van der Waals surface area contributed by atoms with E-state index in [9.17, 15) is 9.18 Å². The van der Waals surface area contributed by atoms with Crippen molar-refractivity contribution >= 4 is 5.97 Å². The Bertz CT molecular complexity index is 327. The number of carbonyl (C=O) groups excluding carboxylic acids is 1. The molecule has 0 aromatic heterocycles. The standard InChI is InChI=1S/C11H13FO2/c1-7-4-9(6-10(12)5-7)8(2)11(13)14-3/h4-6,8H,1-3H3. The number of carbonyl (C=O) groups is 1. The molecule has 0 bridgehead atoms. The van der Waals surface area contributed by atoms with E-state index in [0.29, 0.717) is 5.56 Å². The third kappa shape index (κ3) is 2.31. The SMILES string of the molecule is COC(=O)C(C)c1cc(C)cc(F)c1. The number of halogens is 1. The molecule has 0 saturated carbocycles. The lowest BCUT2D eigenvalue weighted by molar-refractivity contribution is -0.141. The van der Waals surface area contributed by atoms with Gasteiger partial charge in [0.1, 0.15) is 5.82 Å². The Morgan fingerprint density at radius 1 is 1.43 bits per heavy atom. The van der Waals surface area contributed by atoms with Crippen molar-refractivity contribution in [3.05, 3.63) is 35.1 Å². The summed E-state index contributed by atoms with van der Waals surface area (Å²) in [7, 11) is 1.32. The van der Waals surface area contributed by atoms with Gasteiger partial charge >= 0.3 is 5.97 Å². The van der Waals surface area contributed by atoms with Crippen molar-refractivity contribution < 1.29 is 13.9 Å². The van der Waals surface area contributed by atoms with Crippen LogP contribution in [0.4, 0.5) is 4.39 Å². The van der Waals surface area contributed by atoms with E-state index < -0.39 is 5.92 Å². The van der Waals surface area contributed by atoms with E-state index in [1.807, 2.05) is 0 Å². The molecule has 1 aromatic carbocycles. The van der Waals surface area contributed by atoms with Gasteiger partial charge in [0.15, 0.2) is 0 Å². The van der Waals surface area contributed by atoms with Crippen molar-refractivity contribution in [1.82, 2.24) is 0 Å². The molecule has 3 heteroatoms. The highest BCUT2D eigenvalue weighted by Gasteiger charge is 2.16. The zero-order chi connectivity index (χ0) is 10.7. The Morgan fingerprint density at radius 3 is 2.57 bits per heavy atom. The quantitative estimate of drug-likeness (QED) is 0.679. The smallest absolute Gasteiger partial charge is 0.312 e. The van der Waals surface area contributed by atoms with E-state index in [0.717, 1.165) is 5.56 Å². The Morgan fingerprint density at radius 2 is 2.07 bits per heavy atom. The van der Waals surface area contributed by atoms with Gasteiger partial charge in [0.25, 0.3) is 0 Å². The minimum absolute atomic E-state index is 0.323. The first-order valence-electron chi connectivity index (χ1n) is 4.39. The van der Waals surface area contributed by atoms with Gasteiger partial charge in [0.2, 0.25) is 0 Å². The summed E-state index contributed by atoms with van der Waals surface area (Å²) in [4.78, 5) is 11.2. The summed E-state index contributed by atoms with van der Waals surface area (Å²) in [6, 6.07) is 4.56. The second kappa shape index (κ2) is 4.22. The van der Waals surface area contributed by atoms with Crippen LogP contribution in [0.5, 0.6) is 0 Å². The number of rotatable bonds is 2. The van der Waals surface area contributed by atoms with Crippen LogP contribution in [-0.2, 0) is 9.53 Å². The van der Waals surface area contributed by atoms with Crippen molar-refractivity contribution in [1.29, 1.82) is 0 Å². The maximum Gasteiger partial charge on any atom is 0.312 e. The number of ether oxygens (including phenoxy) is 1. The van der Waals surface area contributed by atoms with Crippen LogP contribution in [0, 0.1) is 12.7 Å². The Hall–Kier alpha value is -1.38. The van der Waals surface area contributed by atoms with E-state index in [2.05, 4.69) is 4.74 Å². The highest BCUT2D eigenvalue weighted by Crippen LogP contribution is 2.19. The molecule has 76 valence electrons. The van der Waals surface area contributed by atoms with Crippen LogP contribution in [-0.4, -0.2) is 13.1 Å². The van der Waals surface area contributed by atoms with E-state index >= 15 is 0 Å². The molecule has 1 rings (SSSR count). The molecule has 0 aliphatic carbocycles. The lowest BCUT2D eigenvalue weighted by Gasteiger charge is -2.10. The lowest BCUT2D eigenvalue weighted by atomic mass is 9.99. The lowest BCUT2D eigenvalue weighted by Crippen LogP contribution is -2.11. The average Bonchev–Trinajstić information content (AvgIpc) is 2.14. The number of hydrogen-bond donors (Lipinski definition) is 0. The van der Waals surface area contributed by atoms with Gasteiger partial charge in [-0.3, -0.25) is 4.79 Å². The fourth-order valence-electron chi connectivity index (χ4n) is 1.33. The predicted octanol–water partition coefficient (Wildman–Crippen LogP) is 2.41. The Kier molecular flexibility index (Phi) is 3.23. The first-order chi connectivity index (χ1) is 6.54. The molecule has 0 aliphatic heterocycles. The van der Waals surface area contributed by atoms with Gasteiger partial charge in [0.05, 0.1) is 13.0 Å². The van der Waals surface area contributed by atoms with Crippen molar-refractivity contribution in [2.45, 2.75) is 19.8 Å². The number of benzene rings is 1. The third-order valence-corrected chi connectivity index (χ3v) is 2.12. The summed E-state index contributed by atoms with van der Waals surface area (Å²) in [6.07, 6.45) is 0. The molecule has 0 heterocycles. The first-order valence-corrected chi connectivity index (χ1v) is 4.39. The second-order valence-electron chi connectivity index (χ2n) is 3.31. The molecule has 0 aliphatic rings. The summed E-state index contributed by atoms with van der Waals surface area (Å²) in [6.45, 7) is 3.48. The highest BCUT2D eigenvalue weighted by molar-refractivity contribution is 5.77. The summed E-state index contributed by atoms with van der Waals surface area (Å²) in [5.41, 5.74) is 1.45. The molecule has 0 fully saturated rings. The van der Waals surface area contributed by atoms with E-state index in [-0.39, 0.29) is 11.8 Å². The molecule has 1 aromatic rings. The zero-order valence-electron chi connectivity index (χ0n) is 8.50. The van der Waals surface area contributed by atoms with Crippen LogP contribution in [0.15, 0.2) is 18.2 Å². The molecule has 1 atom stereocenters. The van der Waals surface area contributed by atoms with Gasteiger partial charge in [-0.05, 0) is 37.1 Å². The van der Waals surface area contributed by atoms with E-state index in [4.69, 9.17) is 0 Å². The summed E-state index contributed by atoms with van der Waals surface area (Å²) in [5, 5.41) is 0. The van der Waals surface area contributed by atoms with Crippen LogP contribution in [0.1, 0.15) is 24.0 Å². The molecular formula is C11H13FO2. The van der Waals surface area contributed by atoms with Gasteiger partial charge < -0.3 is 4.74 Å². The van der Waals surface area contributed by atoms with Crippen molar-refractivity contribution in [2.75, 3.05) is 7.11 Å². The van der Waals surface area contributed by atoms with Crippen LogP contribution in [0.3, 0.4) is 0 Å². The van der Waals surface area contributed by atoms with Crippen LogP contribution >= 0.6 is 0 Å². The predicted molar refractivity (Wildman–Crippen MR) is 51.6 cm³/mol. The number of hydrogen-bond acceptors (Lipinski definition) is 2. The van der Waals surface area contributed by atoms with E-state index in [1.165, 1.54) is 19.2 Å². The number of aryl methyl sites for hydroxylation is 1. The molecule has 2 nitrogen and oxygen atoms in total. The van der Waals surface area contributed by atoms with Crippen LogP contribution < -0.4 is 0 Å². The molecule has 1 unspecified atom stereocenters. The zero-order valence-corrected chi connectivity index (χ0v) is 8.50. The van der Waals surface area contributed by atoms with Gasteiger partial charge in [-0.25, -0.2) is 4.39 Å². The highest BCUT2D eigenvalue weighted by atomic mass is 19.1. The first kappa shape index (κ1) is 10.7. The minimum Gasteiger partial charge on any atom is -0.469 e. The average molecular weight is 196 g/mol. The van der Waals surface area contributed by atoms with Gasteiger partial charge in [-0.15, -0.1) is 0 Å². The molecule has 0 N–H and O–H groups in total. The van der Waals surface area contributed by atoms with Crippen molar-refractivity contribution in [2.24, 2.45) is 0 Å². The van der Waals surface area contributed by atoms with Crippen molar-refractivity contribution in [3.8, 4) is 0 Å². The molecule has 14 heavy (non-hydrogen) atoms. The number of methoxy groups -OCH3 is 1. The second-order valence-corrected chi connectivity index (χ2v) is 3.31. The maximum atomic E-state index is 13.0. The molecule has 0 amide bonds. The number of esters is 1. The molecule has 0 spiro atoms. The van der Waals surface area contributed by atoms with Gasteiger partial charge in [0, 0.05) is 0 Å². The largest absolute Gasteiger partial charge is 0.469 e. The summed E-state index contributed by atoms with van der Waals surface area (Å²) < 4.78 is 17.6. The van der Waals surface area contributed by atoms with E-state index in [1.54, 1.807) is 19.9 Å². The van der Waals surface area contributed by atoms with Crippen molar-refractivity contribution in [3.63, 3.8) is 0 Å². The molecular weight excluding hydrogens is 183 g/mol. The molecule has 0 radical (unpaired) electrons. The summed E-state index contributed by atoms with van der Waals surface area (Å²) >= 11 is 0. The Balaban J connectivity index is 3.00. The molecule has 0 saturated heterocycles. The topological polar surface area (TPSA) is 26.3 Å². The maximum absolute atomic E-state index is 13.0. The van der Waals surface area contributed by atoms with Crippen LogP contribution in [0.2, 0.25) is 0 Å². The van der Waals surface area contributed by atoms with Gasteiger partial charge in [-0.2, -0.15) is 0 Å². The summed E-state index contributed by atoms with van der Waals surface area (Å²) in [5.74, 6) is -1.10. The minimum atomic E-state index is -0.422. The fraction of sp³-hybridized carbons (Fsp3) is 0.364. The normalized spacial score (nSPS) is 12.3.